The Hall–Kier alpha value is -4.04. The van der Waals surface area contributed by atoms with Gasteiger partial charge >= 0.3 is 0 Å². The fourth-order valence-corrected chi connectivity index (χ4v) is 4.80. The molecule has 4 aromatic rings. The predicted octanol–water partition coefficient (Wildman–Crippen LogP) is 5.10. The molecule has 0 unspecified atom stereocenters. The normalized spacial score (nSPS) is 17.3. The zero-order chi connectivity index (χ0) is 24.4. The van der Waals surface area contributed by atoms with Crippen molar-refractivity contribution in [3.63, 3.8) is 0 Å². The summed E-state index contributed by atoms with van der Waals surface area (Å²) in [6.45, 7) is 3.83. The summed E-state index contributed by atoms with van der Waals surface area (Å²) in [6.07, 6.45) is 6.03. The molecule has 1 saturated heterocycles. The molecule has 1 aliphatic heterocycles. The molecule has 5 rings (SSSR count). The summed E-state index contributed by atoms with van der Waals surface area (Å²) in [5, 5.41) is 7.08. The Morgan fingerprint density at radius 2 is 1.86 bits per heavy atom. The van der Waals surface area contributed by atoms with E-state index in [0.29, 0.717) is 11.5 Å². The molecule has 0 spiro atoms. The highest BCUT2D eigenvalue weighted by Crippen LogP contribution is 2.42. The van der Waals surface area contributed by atoms with Crippen LogP contribution in [0.15, 0.2) is 85.3 Å². The van der Waals surface area contributed by atoms with E-state index in [2.05, 4.69) is 42.2 Å². The van der Waals surface area contributed by atoms with E-state index in [0.717, 1.165) is 34.1 Å². The Morgan fingerprint density at radius 1 is 1.06 bits per heavy atom. The Kier molecular flexibility index (Phi) is 6.29. The van der Waals surface area contributed by atoms with Gasteiger partial charge in [0.1, 0.15) is 11.9 Å². The summed E-state index contributed by atoms with van der Waals surface area (Å²) in [7, 11) is 0. The summed E-state index contributed by atoms with van der Waals surface area (Å²) < 4.78 is 2.09. The van der Waals surface area contributed by atoms with E-state index in [1.54, 1.807) is 12.4 Å². The van der Waals surface area contributed by atoms with Gasteiger partial charge in [-0.3, -0.25) is 9.78 Å². The third-order valence-corrected chi connectivity index (χ3v) is 6.48. The zero-order valence-electron chi connectivity index (χ0n) is 19.6. The second kappa shape index (κ2) is 9.68. The topological polar surface area (TPSA) is 75.1 Å². The Morgan fingerprint density at radius 3 is 2.54 bits per heavy atom. The molecule has 2 N–H and O–H groups in total. The average molecular weight is 483 g/mol. The number of benzene rings is 1. The standard InChI is InChI=1S/C27H26N6OS/c1-3-24(34)30-20-13-12-19(17-18(20)2)33-26(25(31-27(33)35)21-9-4-6-14-28-21)22-10-8-16-32(22)23-11-5-7-15-29-23/h4-17,25-26H,3H2,1-2H3,(H,30,34)(H,31,35)/t25-,26+/m1/s1. The van der Waals surface area contributed by atoms with Crippen molar-refractivity contribution in [3.05, 3.63) is 102 Å². The zero-order valence-corrected chi connectivity index (χ0v) is 20.4. The van der Waals surface area contributed by atoms with Crippen LogP contribution in [0.3, 0.4) is 0 Å². The largest absolute Gasteiger partial charge is 0.351 e. The van der Waals surface area contributed by atoms with Gasteiger partial charge in [-0.2, -0.15) is 0 Å². The summed E-state index contributed by atoms with van der Waals surface area (Å²) in [6, 6.07) is 21.5. The number of pyridine rings is 2. The Balaban J connectivity index is 1.61. The minimum Gasteiger partial charge on any atom is -0.351 e. The van der Waals surface area contributed by atoms with Crippen LogP contribution >= 0.6 is 12.2 Å². The summed E-state index contributed by atoms with van der Waals surface area (Å²) in [5.41, 5.74) is 4.64. The van der Waals surface area contributed by atoms with E-state index in [4.69, 9.17) is 12.2 Å². The van der Waals surface area contributed by atoms with Gasteiger partial charge in [0.15, 0.2) is 5.11 Å². The molecule has 4 heterocycles. The lowest BCUT2D eigenvalue weighted by Gasteiger charge is -2.29. The third kappa shape index (κ3) is 4.40. The first-order chi connectivity index (χ1) is 17.1. The number of nitrogens with zero attached hydrogens (tertiary/aromatic N) is 4. The van der Waals surface area contributed by atoms with Crippen LogP contribution in [-0.2, 0) is 4.79 Å². The van der Waals surface area contributed by atoms with Crippen molar-refractivity contribution in [3.8, 4) is 5.82 Å². The fraction of sp³-hybridized carbons (Fsp3) is 0.185. The summed E-state index contributed by atoms with van der Waals surface area (Å²) in [5.74, 6) is 0.819. The summed E-state index contributed by atoms with van der Waals surface area (Å²) >= 11 is 5.87. The van der Waals surface area contributed by atoms with Crippen molar-refractivity contribution in [1.82, 2.24) is 19.9 Å². The van der Waals surface area contributed by atoms with E-state index in [-0.39, 0.29) is 18.0 Å². The van der Waals surface area contributed by atoms with Gasteiger partial charge in [-0.15, -0.1) is 0 Å². The van der Waals surface area contributed by atoms with Crippen LogP contribution in [-0.4, -0.2) is 25.6 Å². The molecular formula is C27H26N6OS. The highest BCUT2D eigenvalue weighted by molar-refractivity contribution is 7.80. The molecular weight excluding hydrogens is 456 g/mol. The van der Waals surface area contributed by atoms with Crippen molar-refractivity contribution < 1.29 is 4.79 Å². The second-order valence-electron chi connectivity index (χ2n) is 8.39. The molecule has 176 valence electrons. The number of rotatable bonds is 6. The lowest BCUT2D eigenvalue weighted by atomic mass is 10.0. The van der Waals surface area contributed by atoms with Crippen LogP contribution < -0.4 is 15.5 Å². The lowest BCUT2D eigenvalue weighted by Crippen LogP contribution is -2.30. The monoisotopic (exact) mass is 482 g/mol. The van der Waals surface area contributed by atoms with Crippen LogP contribution in [0.1, 0.15) is 42.4 Å². The van der Waals surface area contributed by atoms with E-state index in [1.165, 1.54) is 0 Å². The molecule has 2 atom stereocenters. The van der Waals surface area contributed by atoms with E-state index < -0.39 is 0 Å². The van der Waals surface area contributed by atoms with Gasteiger partial charge in [-0.05, 0) is 79.3 Å². The predicted molar refractivity (Wildman–Crippen MR) is 142 cm³/mol. The Labute approximate surface area is 209 Å². The molecule has 0 saturated carbocycles. The van der Waals surface area contributed by atoms with Crippen LogP contribution in [0, 0.1) is 6.92 Å². The molecule has 3 aromatic heterocycles. The number of anilines is 2. The molecule has 35 heavy (non-hydrogen) atoms. The SMILES string of the molecule is CCC(=O)Nc1ccc(N2C(=S)N[C@H](c3ccccn3)[C@@H]2c2cccn2-c2ccccn2)cc1C. The summed E-state index contributed by atoms with van der Waals surface area (Å²) in [4.78, 5) is 23.3. The lowest BCUT2D eigenvalue weighted by molar-refractivity contribution is -0.115. The molecule has 1 amide bonds. The first kappa shape index (κ1) is 22.7. The van der Waals surface area contributed by atoms with Crippen LogP contribution in [0.25, 0.3) is 5.82 Å². The van der Waals surface area contributed by atoms with Crippen molar-refractivity contribution in [2.45, 2.75) is 32.4 Å². The maximum Gasteiger partial charge on any atom is 0.224 e. The molecule has 1 fully saturated rings. The van der Waals surface area contributed by atoms with Gasteiger partial charge in [-0.1, -0.05) is 19.1 Å². The number of hydrogen-bond donors (Lipinski definition) is 2. The van der Waals surface area contributed by atoms with Gasteiger partial charge in [-0.25, -0.2) is 4.98 Å². The maximum atomic E-state index is 11.9. The minimum atomic E-state index is -0.176. The number of carbonyl (C=O) groups is 1. The maximum absolute atomic E-state index is 11.9. The molecule has 8 heteroatoms. The number of thiocarbonyl (C=S) groups is 1. The molecule has 1 aromatic carbocycles. The first-order valence-corrected chi connectivity index (χ1v) is 12.0. The van der Waals surface area contributed by atoms with Gasteiger partial charge in [0.2, 0.25) is 5.91 Å². The molecule has 7 nitrogen and oxygen atoms in total. The highest BCUT2D eigenvalue weighted by atomic mass is 32.1. The smallest absolute Gasteiger partial charge is 0.224 e. The van der Waals surface area contributed by atoms with Crippen molar-refractivity contribution in [2.75, 3.05) is 10.2 Å². The van der Waals surface area contributed by atoms with Crippen LogP contribution in [0.2, 0.25) is 0 Å². The van der Waals surface area contributed by atoms with Gasteiger partial charge in [0, 0.05) is 42.1 Å². The average Bonchev–Trinajstić information content (AvgIpc) is 3.50. The van der Waals surface area contributed by atoms with Crippen molar-refractivity contribution in [1.29, 1.82) is 0 Å². The first-order valence-electron chi connectivity index (χ1n) is 11.6. The van der Waals surface area contributed by atoms with Crippen molar-refractivity contribution in [2.24, 2.45) is 0 Å². The molecule has 0 bridgehead atoms. The fourth-order valence-electron chi connectivity index (χ4n) is 4.45. The molecule has 0 radical (unpaired) electrons. The van der Waals surface area contributed by atoms with Gasteiger partial charge in [0.05, 0.1) is 11.7 Å². The quantitative estimate of drug-likeness (QED) is 0.373. The number of aryl methyl sites for hydroxylation is 1. The van der Waals surface area contributed by atoms with Crippen LogP contribution in [0.4, 0.5) is 11.4 Å². The van der Waals surface area contributed by atoms with Crippen LogP contribution in [0.5, 0.6) is 0 Å². The van der Waals surface area contributed by atoms with E-state index >= 15 is 0 Å². The molecule has 0 aliphatic carbocycles. The number of amides is 1. The number of hydrogen-bond acceptors (Lipinski definition) is 4. The number of aromatic nitrogens is 3. The van der Waals surface area contributed by atoms with Gasteiger partial charge in [0.25, 0.3) is 0 Å². The second-order valence-corrected chi connectivity index (χ2v) is 8.78. The third-order valence-electron chi connectivity index (χ3n) is 6.16. The number of carbonyl (C=O) groups excluding carboxylic acids is 1. The number of nitrogens with one attached hydrogen (secondary N) is 2. The minimum absolute atomic E-state index is 0.0134. The Bertz CT molecular complexity index is 1350. The van der Waals surface area contributed by atoms with Crippen molar-refractivity contribution >= 4 is 34.6 Å². The van der Waals surface area contributed by atoms with E-state index in [9.17, 15) is 4.79 Å². The highest BCUT2D eigenvalue weighted by Gasteiger charge is 2.42. The van der Waals surface area contributed by atoms with E-state index in [1.807, 2.05) is 74.6 Å². The van der Waals surface area contributed by atoms with Gasteiger partial charge < -0.3 is 20.1 Å². The molecule has 1 aliphatic rings.